The summed E-state index contributed by atoms with van der Waals surface area (Å²) < 4.78 is 6.14. The molecule has 4 nitrogen and oxygen atoms in total. The number of rotatable bonds is 73. The van der Waals surface area contributed by atoms with Gasteiger partial charge in [0, 0.05) is 0 Å². The molecule has 0 spiro atoms. The molecular formula is C80H156O4. The van der Waals surface area contributed by atoms with Crippen LogP contribution in [0, 0.1) is 17.8 Å². The number of hydrogen-bond donors (Lipinski definition) is 2. The predicted octanol–water partition coefficient (Wildman–Crippen LogP) is 27.8. The van der Waals surface area contributed by atoms with Gasteiger partial charge < -0.3 is 14.9 Å². The topological polar surface area (TPSA) is 70.1 Å². The van der Waals surface area contributed by atoms with Gasteiger partial charge >= 0.3 is 5.97 Å². The summed E-state index contributed by atoms with van der Waals surface area (Å²) in [5.74, 6) is 0.125. The highest BCUT2D eigenvalue weighted by molar-refractivity contribution is 5.70. The maximum atomic E-state index is 11.9. The van der Waals surface area contributed by atoms with Gasteiger partial charge in [0.05, 0.1) is 24.2 Å². The number of unbranched alkanes of at least 4 members (excludes halogenated alkanes) is 58. The fourth-order valence-electron chi connectivity index (χ4n) is 13.9. The Morgan fingerprint density at radius 1 is 0.345 bits per heavy atom. The van der Waals surface area contributed by atoms with Crippen LogP contribution >= 0.6 is 0 Å². The highest BCUT2D eigenvalue weighted by Gasteiger charge is 2.41. The summed E-state index contributed by atoms with van der Waals surface area (Å²) in [5.41, 5.74) is 0. The number of aliphatic carboxylic acids is 1. The van der Waals surface area contributed by atoms with Crippen LogP contribution in [0.1, 0.15) is 458 Å². The molecular weight excluding hydrogens is 1020 g/mol. The number of ether oxygens (including phenoxy) is 1. The van der Waals surface area contributed by atoms with Crippen molar-refractivity contribution in [2.24, 2.45) is 17.8 Å². The minimum absolute atomic E-state index is 0.581. The molecule has 84 heavy (non-hydrogen) atoms. The summed E-state index contributed by atoms with van der Waals surface area (Å²) in [6.45, 7) is 9.48. The van der Waals surface area contributed by atoms with Crippen LogP contribution < -0.4 is 0 Å². The second-order valence-electron chi connectivity index (χ2n) is 28.6. The van der Waals surface area contributed by atoms with Crippen LogP contribution in [0.4, 0.5) is 0 Å². The summed E-state index contributed by atoms with van der Waals surface area (Å²) in [4.78, 5) is 11.9. The van der Waals surface area contributed by atoms with Crippen molar-refractivity contribution in [3.63, 3.8) is 0 Å². The first-order chi connectivity index (χ1) is 41.4. The Morgan fingerprint density at radius 3 is 0.929 bits per heavy atom. The molecule has 6 atom stereocenters. The molecule has 0 amide bonds. The molecule has 0 aromatic heterocycles. The lowest BCUT2D eigenvalue weighted by Crippen LogP contribution is -2.28. The number of carboxylic acid groups (broad SMARTS) is 1. The Balaban J connectivity index is 1.76. The lowest BCUT2D eigenvalue weighted by molar-refractivity contribution is -0.146. The molecule has 2 N–H and O–H groups in total. The first-order valence-electron chi connectivity index (χ1n) is 39.6. The van der Waals surface area contributed by atoms with E-state index in [1.807, 2.05) is 0 Å². The summed E-state index contributed by atoms with van der Waals surface area (Å²) >= 11 is 0. The largest absolute Gasteiger partial charge is 0.481 e. The molecule has 1 rings (SSSR count). The standard InChI is InChI=1S/C80H156O4/c1-5-7-9-11-13-15-17-19-21-22-23-24-27-30-34-41-47-53-59-65-71-76(80(82)83)77(81)72-66-60-54-48-42-35-31-28-25-26-29-32-38-44-50-56-62-68-74(3)69-63-57-51-45-39-36-37-43-49-55-61-67-73-78-79(84-78)75(4)70-64-58-52-46-40-33-20-18-16-14-12-10-8-6-2/h63,69,74-79,81H,5-62,64-68,70-73H2,1-4H3,(H,82,83)/t74-,75-,76-,77-,78-,79-/m1/s1. The monoisotopic (exact) mass is 1180 g/mol. The van der Waals surface area contributed by atoms with Crippen LogP contribution in [-0.4, -0.2) is 34.5 Å². The summed E-state index contributed by atoms with van der Waals surface area (Å²) in [6, 6.07) is 0. The van der Waals surface area contributed by atoms with Crippen molar-refractivity contribution < 1.29 is 19.7 Å². The molecule has 0 bridgehead atoms. The van der Waals surface area contributed by atoms with Gasteiger partial charge in [-0.25, -0.2) is 0 Å². The van der Waals surface area contributed by atoms with E-state index in [0.29, 0.717) is 25.0 Å². The van der Waals surface area contributed by atoms with Gasteiger partial charge in [-0.05, 0) is 56.8 Å². The van der Waals surface area contributed by atoms with E-state index in [4.69, 9.17) is 4.74 Å². The van der Waals surface area contributed by atoms with Gasteiger partial charge in [0.2, 0.25) is 0 Å². The van der Waals surface area contributed by atoms with Gasteiger partial charge in [0.15, 0.2) is 0 Å². The third-order valence-corrected chi connectivity index (χ3v) is 20.1. The average Bonchev–Trinajstić information content (AvgIpc) is 4.49. The Hall–Kier alpha value is -0.870. The molecule has 1 saturated heterocycles. The Morgan fingerprint density at radius 2 is 0.607 bits per heavy atom. The Kier molecular flexibility index (Phi) is 64.3. The Labute approximate surface area is 529 Å². The van der Waals surface area contributed by atoms with Crippen LogP contribution in [0.25, 0.3) is 0 Å². The number of allylic oxidation sites excluding steroid dienone is 2. The van der Waals surface area contributed by atoms with E-state index in [1.165, 1.54) is 392 Å². The van der Waals surface area contributed by atoms with Crippen LogP contribution in [0.3, 0.4) is 0 Å². The summed E-state index contributed by atoms with van der Waals surface area (Å²) in [6.07, 6.45) is 96.4. The molecule has 0 unspecified atom stereocenters. The van der Waals surface area contributed by atoms with Gasteiger partial charge in [0.1, 0.15) is 0 Å². The lowest BCUT2D eigenvalue weighted by Gasteiger charge is -2.19. The third kappa shape index (κ3) is 58.8. The molecule has 1 fully saturated rings. The molecule has 0 saturated carbocycles. The predicted molar refractivity (Wildman–Crippen MR) is 374 cm³/mol. The van der Waals surface area contributed by atoms with E-state index < -0.39 is 18.0 Å². The molecule has 4 heteroatoms. The maximum absolute atomic E-state index is 11.9. The summed E-state index contributed by atoms with van der Waals surface area (Å²) in [5, 5.41) is 20.5. The lowest BCUT2D eigenvalue weighted by atomic mass is 9.91. The smallest absolute Gasteiger partial charge is 0.309 e. The van der Waals surface area contributed by atoms with E-state index in [1.54, 1.807) is 0 Å². The molecule has 500 valence electrons. The molecule has 0 aromatic rings. The number of epoxide rings is 1. The Bertz CT molecular complexity index is 1300. The fourth-order valence-corrected chi connectivity index (χ4v) is 13.9. The molecule has 1 heterocycles. The molecule has 1 aliphatic rings. The van der Waals surface area contributed by atoms with Gasteiger partial charge in [0.25, 0.3) is 0 Å². The van der Waals surface area contributed by atoms with Crippen molar-refractivity contribution >= 4 is 5.97 Å². The molecule has 0 aromatic carbocycles. The molecule has 0 radical (unpaired) electrons. The van der Waals surface area contributed by atoms with E-state index >= 15 is 0 Å². The van der Waals surface area contributed by atoms with Crippen molar-refractivity contribution in [2.45, 2.75) is 476 Å². The first-order valence-corrected chi connectivity index (χ1v) is 39.6. The number of carboxylic acids is 1. The van der Waals surface area contributed by atoms with Crippen LogP contribution in [-0.2, 0) is 9.53 Å². The zero-order chi connectivity index (χ0) is 60.5. The highest BCUT2D eigenvalue weighted by Crippen LogP contribution is 2.36. The van der Waals surface area contributed by atoms with Gasteiger partial charge in [-0.3, -0.25) is 4.79 Å². The normalized spacial score (nSPS) is 15.8. The number of aliphatic hydroxyl groups excluding tert-OH is 1. The second-order valence-corrected chi connectivity index (χ2v) is 28.6. The van der Waals surface area contributed by atoms with Crippen LogP contribution in [0.5, 0.6) is 0 Å². The minimum Gasteiger partial charge on any atom is -0.481 e. The summed E-state index contributed by atoms with van der Waals surface area (Å²) in [7, 11) is 0. The average molecular weight is 1180 g/mol. The maximum Gasteiger partial charge on any atom is 0.309 e. The van der Waals surface area contributed by atoms with E-state index in [2.05, 4.69) is 39.8 Å². The van der Waals surface area contributed by atoms with E-state index in [0.717, 1.165) is 37.5 Å². The highest BCUT2D eigenvalue weighted by atomic mass is 16.6. The van der Waals surface area contributed by atoms with Crippen molar-refractivity contribution in [2.75, 3.05) is 0 Å². The van der Waals surface area contributed by atoms with Crippen molar-refractivity contribution in [3.05, 3.63) is 12.2 Å². The van der Waals surface area contributed by atoms with Crippen LogP contribution in [0.15, 0.2) is 12.2 Å². The second kappa shape index (κ2) is 66.5. The van der Waals surface area contributed by atoms with Crippen molar-refractivity contribution in [3.8, 4) is 0 Å². The molecule has 0 aliphatic carbocycles. The van der Waals surface area contributed by atoms with Gasteiger partial charge in [-0.2, -0.15) is 0 Å². The number of aliphatic hydroxyl groups is 1. The zero-order valence-corrected chi connectivity index (χ0v) is 58.2. The SMILES string of the molecule is CCCCCCCCCCCCCCCCCCCCCC[C@@H](C(=O)O)[C@H](O)CCCCCCCCCCCCCCCCCCC[C@@H](C)C=CCCCCCCCCCCCC[C@H]1O[C@@H]1[C@H](C)CCCCCCCCCCCCCCCC. The van der Waals surface area contributed by atoms with Crippen LogP contribution in [0.2, 0.25) is 0 Å². The number of hydrogen-bond acceptors (Lipinski definition) is 3. The van der Waals surface area contributed by atoms with E-state index in [-0.39, 0.29) is 0 Å². The van der Waals surface area contributed by atoms with Gasteiger partial charge in [-0.1, -0.05) is 425 Å². The zero-order valence-electron chi connectivity index (χ0n) is 58.2. The van der Waals surface area contributed by atoms with Gasteiger partial charge in [-0.15, -0.1) is 0 Å². The van der Waals surface area contributed by atoms with Crippen molar-refractivity contribution in [1.29, 1.82) is 0 Å². The quantitative estimate of drug-likeness (QED) is 0.0362. The van der Waals surface area contributed by atoms with Crippen molar-refractivity contribution in [1.82, 2.24) is 0 Å². The fraction of sp³-hybridized carbons (Fsp3) is 0.963. The molecule has 1 aliphatic heterocycles. The first kappa shape index (κ1) is 81.1. The minimum atomic E-state index is -0.801. The van der Waals surface area contributed by atoms with E-state index in [9.17, 15) is 15.0 Å². The number of carbonyl (C=O) groups is 1. The third-order valence-electron chi connectivity index (χ3n) is 20.1.